The molecular weight excluding hydrogens is 212 g/mol. The fourth-order valence-corrected chi connectivity index (χ4v) is 1.57. The molecule has 0 aromatic heterocycles. The number of hydrogen-bond acceptors (Lipinski definition) is 2. The largest absolute Gasteiger partial charge is 0.427 e. The van der Waals surface area contributed by atoms with Gasteiger partial charge in [0.15, 0.2) is 0 Å². The first-order valence-electron chi connectivity index (χ1n) is 5.66. The summed E-state index contributed by atoms with van der Waals surface area (Å²) >= 11 is 0. The predicted molar refractivity (Wildman–Crippen MR) is 67.8 cm³/mol. The summed E-state index contributed by atoms with van der Waals surface area (Å²) < 4.78 is 5.19. The molecule has 0 atom stereocenters. The van der Waals surface area contributed by atoms with E-state index in [2.05, 4.69) is 0 Å². The van der Waals surface area contributed by atoms with Crippen LogP contribution in [-0.4, -0.2) is 5.97 Å². The van der Waals surface area contributed by atoms with Gasteiger partial charge in [0.1, 0.15) is 5.75 Å². The zero-order chi connectivity index (χ0) is 12.1. The normalized spacial score (nSPS) is 9.94. The maximum absolute atomic E-state index is 11.2. The van der Waals surface area contributed by atoms with E-state index in [0.717, 1.165) is 11.1 Å². The second-order valence-electron chi connectivity index (χ2n) is 3.72. The molecule has 2 nitrogen and oxygen atoms in total. The van der Waals surface area contributed by atoms with Crippen LogP contribution in [0.3, 0.4) is 0 Å². The molecule has 0 saturated heterocycles. The molecule has 0 N–H and O–H groups in total. The van der Waals surface area contributed by atoms with Gasteiger partial charge in [-0.25, -0.2) is 0 Å². The molecule has 0 amide bonds. The summed E-state index contributed by atoms with van der Waals surface area (Å²) in [6.07, 6.45) is 0.384. The first-order valence-corrected chi connectivity index (χ1v) is 5.66. The summed E-state index contributed by atoms with van der Waals surface area (Å²) in [5, 5.41) is 0. The molecule has 0 heterocycles. The Morgan fingerprint density at radius 2 is 1.71 bits per heavy atom. The Hall–Kier alpha value is -2.09. The second-order valence-corrected chi connectivity index (χ2v) is 3.72. The Balaban J connectivity index is 2.26. The fourth-order valence-electron chi connectivity index (χ4n) is 1.57. The molecule has 0 aliphatic rings. The summed E-state index contributed by atoms with van der Waals surface area (Å²) in [7, 11) is 0. The van der Waals surface area contributed by atoms with Crippen molar-refractivity contribution in [1.29, 1.82) is 0 Å². The lowest BCUT2D eigenvalue weighted by Gasteiger charge is -2.05. The van der Waals surface area contributed by atoms with E-state index in [4.69, 9.17) is 4.74 Å². The molecule has 17 heavy (non-hydrogen) atoms. The van der Waals surface area contributed by atoms with Crippen LogP contribution in [0, 0.1) is 0 Å². The average Bonchev–Trinajstić information content (AvgIpc) is 2.40. The van der Waals surface area contributed by atoms with E-state index in [0.29, 0.717) is 12.2 Å². The van der Waals surface area contributed by atoms with Gasteiger partial charge >= 0.3 is 5.97 Å². The van der Waals surface area contributed by atoms with Crippen molar-refractivity contribution in [3.63, 3.8) is 0 Å². The number of benzene rings is 2. The number of carbonyl (C=O) groups excluding carboxylic acids is 1. The Bertz CT molecular complexity index is 503. The maximum Gasteiger partial charge on any atom is 0.310 e. The van der Waals surface area contributed by atoms with Crippen LogP contribution < -0.4 is 4.74 Å². The van der Waals surface area contributed by atoms with Crippen LogP contribution in [0.5, 0.6) is 5.75 Å². The standard InChI is InChI=1S/C15H14O2/c1-2-15(16)17-14-10-6-9-13(11-14)12-7-4-3-5-8-12/h3-11H,2H2,1H3. The van der Waals surface area contributed by atoms with Gasteiger partial charge in [-0.2, -0.15) is 0 Å². The summed E-state index contributed by atoms with van der Waals surface area (Å²) in [6.45, 7) is 1.78. The highest BCUT2D eigenvalue weighted by Gasteiger charge is 2.03. The Labute approximate surface area is 101 Å². The maximum atomic E-state index is 11.2. The van der Waals surface area contributed by atoms with Gasteiger partial charge in [0, 0.05) is 6.42 Å². The molecule has 0 unspecified atom stereocenters. The van der Waals surface area contributed by atoms with Gasteiger partial charge in [0.2, 0.25) is 0 Å². The van der Waals surface area contributed by atoms with Crippen molar-refractivity contribution in [2.45, 2.75) is 13.3 Å². The fraction of sp³-hybridized carbons (Fsp3) is 0.133. The van der Waals surface area contributed by atoms with E-state index in [1.54, 1.807) is 13.0 Å². The van der Waals surface area contributed by atoms with Gasteiger partial charge in [-0.15, -0.1) is 0 Å². The van der Waals surface area contributed by atoms with Crippen molar-refractivity contribution in [2.75, 3.05) is 0 Å². The number of carbonyl (C=O) groups is 1. The highest BCUT2D eigenvalue weighted by Crippen LogP contribution is 2.23. The number of ether oxygens (including phenoxy) is 1. The van der Waals surface area contributed by atoms with Gasteiger partial charge in [-0.3, -0.25) is 4.79 Å². The Morgan fingerprint density at radius 1 is 1.00 bits per heavy atom. The lowest BCUT2D eigenvalue weighted by atomic mass is 10.1. The lowest BCUT2D eigenvalue weighted by Crippen LogP contribution is -2.05. The van der Waals surface area contributed by atoms with E-state index in [1.165, 1.54) is 0 Å². The first-order chi connectivity index (χ1) is 8.29. The van der Waals surface area contributed by atoms with E-state index in [1.807, 2.05) is 48.5 Å². The Kier molecular flexibility index (Phi) is 3.55. The molecule has 0 aliphatic heterocycles. The third kappa shape index (κ3) is 2.94. The van der Waals surface area contributed by atoms with Gasteiger partial charge in [0.25, 0.3) is 0 Å². The number of rotatable bonds is 3. The van der Waals surface area contributed by atoms with Crippen LogP contribution in [0.4, 0.5) is 0 Å². The summed E-state index contributed by atoms with van der Waals surface area (Å²) in [6, 6.07) is 17.6. The van der Waals surface area contributed by atoms with Crippen LogP contribution in [-0.2, 0) is 4.79 Å². The molecule has 86 valence electrons. The smallest absolute Gasteiger partial charge is 0.310 e. The van der Waals surface area contributed by atoms with Crippen LogP contribution in [0.15, 0.2) is 54.6 Å². The molecule has 2 heteroatoms. The van der Waals surface area contributed by atoms with E-state index < -0.39 is 0 Å². The molecule has 2 rings (SSSR count). The van der Waals surface area contributed by atoms with E-state index >= 15 is 0 Å². The first kappa shape index (κ1) is 11.4. The van der Waals surface area contributed by atoms with Crippen LogP contribution in [0.2, 0.25) is 0 Å². The van der Waals surface area contributed by atoms with Crippen molar-refractivity contribution in [3.05, 3.63) is 54.6 Å². The molecule has 0 bridgehead atoms. The molecule has 0 fully saturated rings. The van der Waals surface area contributed by atoms with Crippen molar-refractivity contribution in [3.8, 4) is 16.9 Å². The molecular formula is C15H14O2. The molecule has 2 aromatic rings. The molecule has 0 aliphatic carbocycles. The van der Waals surface area contributed by atoms with E-state index in [-0.39, 0.29) is 5.97 Å². The third-order valence-corrected chi connectivity index (χ3v) is 2.46. The topological polar surface area (TPSA) is 26.3 Å². The summed E-state index contributed by atoms with van der Waals surface area (Å²) in [4.78, 5) is 11.2. The van der Waals surface area contributed by atoms with Crippen LogP contribution in [0.1, 0.15) is 13.3 Å². The molecule has 0 saturated carbocycles. The molecule has 2 aromatic carbocycles. The monoisotopic (exact) mass is 226 g/mol. The van der Waals surface area contributed by atoms with Gasteiger partial charge in [-0.1, -0.05) is 49.4 Å². The summed E-state index contributed by atoms with van der Waals surface area (Å²) in [5.41, 5.74) is 2.16. The van der Waals surface area contributed by atoms with Gasteiger partial charge < -0.3 is 4.74 Å². The van der Waals surface area contributed by atoms with Crippen molar-refractivity contribution in [1.82, 2.24) is 0 Å². The lowest BCUT2D eigenvalue weighted by molar-refractivity contribution is -0.134. The van der Waals surface area contributed by atoms with Crippen LogP contribution >= 0.6 is 0 Å². The van der Waals surface area contributed by atoms with Gasteiger partial charge in [0.05, 0.1) is 0 Å². The highest BCUT2D eigenvalue weighted by molar-refractivity contribution is 5.73. The summed E-state index contributed by atoms with van der Waals surface area (Å²) in [5.74, 6) is 0.383. The minimum Gasteiger partial charge on any atom is -0.427 e. The van der Waals surface area contributed by atoms with Crippen molar-refractivity contribution in [2.24, 2.45) is 0 Å². The van der Waals surface area contributed by atoms with Crippen molar-refractivity contribution >= 4 is 5.97 Å². The average molecular weight is 226 g/mol. The molecule has 0 radical (unpaired) electrons. The second kappa shape index (κ2) is 5.30. The third-order valence-electron chi connectivity index (χ3n) is 2.46. The predicted octanol–water partition coefficient (Wildman–Crippen LogP) is 3.67. The minimum absolute atomic E-state index is 0.213. The number of esters is 1. The minimum atomic E-state index is -0.213. The number of hydrogen-bond donors (Lipinski definition) is 0. The van der Waals surface area contributed by atoms with Crippen LogP contribution in [0.25, 0.3) is 11.1 Å². The zero-order valence-corrected chi connectivity index (χ0v) is 9.72. The SMILES string of the molecule is CCC(=O)Oc1cccc(-c2ccccc2)c1. The quantitative estimate of drug-likeness (QED) is 0.589. The zero-order valence-electron chi connectivity index (χ0n) is 9.72. The highest BCUT2D eigenvalue weighted by atomic mass is 16.5. The van der Waals surface area contributed by atoms with Gasteiger partial charge in [-0.05, 0) is 23.3 Å². The van der Waals surface area contributed by atoms with Crippen molar-refractivity contribution < 1.29 is 9.53 Å². The Morgan fingerprint density at radius 3 is 2.41 bits per heavy atom. The van der Waals surface area contributed by atoms with E-state index in [9.17, 15) is 4.79 Å². The molecule has 0 spiro atoms.